The van der Waals surface area contributed by atoms with Crippen LogP contribution in [0, 0.1) is 11.3 Å². The van der Waals surface area contributed by atoms with Crippen LogP contribution >= 0.6 is 0 Å². The second-order valence-electron chi connectivity index (χ2n) is 6.07. The molecule has 0 saturated carbocycles. The van der Waals surface area contributed by atoms with E-state index >= 15 is 0 Å². The van der Waals surface area contributed by atoms with Gasteiger partial charge in [-0.3, -0.25) is 4.79 Å². The van der Waals surface area contributed by atoms with Crippen molar-refractivity contribution >= 4 is 29.4 Å². The molecule has 0 radical (unpaired) electrons. The number of ether oxygens (including phenoxy) is 2. The highest BCUT2D eigenvalue weighted by molar-refractivity contribution is 6.32. The molecule has 29 heavy (non-hydrogen) atoms. The lowest BCUT2D eigenvalue weighted by Crippen LogP contribution is -2.21. The van der Waals surface area contributed by atoms with E-state index in [1.807, 2.05) is 6.07 Å². The average molecular weight is 391 g/mol. The molecule has 2 aromatic rings. The predicted molar refractivity (Wildman–Crippen MR) is 106 cm³/mol. The smallest absolute Gasteiger partial charge is 0.335 e. The molecular weight excluding hydrogens is 374 g/mol. The van der Waals surface area contributed by atoms with Crippen molar-refractivity contribution in [3.05, 3.63) is 59.2 Å². The SMILES string of the molecule is COc1cc(/C=C2/C(=O)N(c3ccc(C(=O)O)cc3)N=C2C)ccc1OCC#N. The molecule has 0 atom stereocenters. The molecule has 2 aromatic carbocycles. The summed E-state index contributed by atoms with van der Waals surface area (Å²) in [4.78, 5) is 23.8. The fraction of sp³-hybridized carbons (Fsp3) is 0.143. The first kappa shape index (κ1) is 19.6. The van der Waals surface area contributed by atoms with Gasteiger partial charge in [-0.25, -0.2) is 4.79 Å². The fourth-order valence-electron chi connectivity index (χ4n) is 2.77. The highest BCUT2D eigenvalue weighted by Crippen LogP contribution is 2.30. The minimum atomic E-state index is -1.04. The van der Waals surface area contributed by atoms with Crippen LogP contribution in [0.2, 0.25) is 0 Å². The van der Waals surface area contributed by atoms with Gasteiger partial charge in [0.1, 0.15) is 6.07 Å². The van der Waals surface area contributed by atoms with E-state index in [1.165, 1.54) is 36.4 Å². The lowest BCUT2D eigenvalue weighted by molar-refractivity contribution is -0.114. The Hall–Kier alpha value is -4.12. The van der Waals surface area contributed by atoms with E-state index in [0.29, 0.717) is 34.0 Å². The maximum atomic E-state index is 12.8. The summed E-state index contributed by atoms with van der Waals surface area (Å²) >= 11 is 0. The van der Waals surface area contributed by atoms with Crippen LogP contribution in [0.15, 0.2) is 53.1 Å². The molecule has 8 nitrogen and oxygen atoms in total. The molecule has 0 fully saturated rings. The fourth-order valence-corrected chi connectivity index (χ4v) is 2.77. The number of nitrogens with zero attached hydrogens (tertiary/aromatic N) is 3. The van der Waals surface area contributed by atoms with E-state index in [-0.39, 0.29) is 18.1 Å². The van der Waals surface area contributed by atoms with Crippen molar-refractivity contribution in [2.24, 2.45) is 5.10 Å². The molecule has 3 rings (SSSR count). The van der Waals surface area contributed by atoms with Gasteiger partial charge in [0.25, 0.3) is 5.91 Å². The summed E-state index contributed by atoms with van der Waals surface area (Å²) in [5.41, 5.74) is 2.23. The molecule has 1 N–H and O–H groups in total. The molecule has 0 saturated heterocycles. The molecule has 0 unspecified atom stereocenters. The van der Waals surface area contributed by atoms with Crippen LogP contribution in [0.4, 0.5) is 5.69 Å². The highest BCUT2D eigenvalue weighted by Gasteiger charge is 2.28. The third-order valence-corrected chi connectivity index (χ3v) is 4.21. The van der Waals surface area contributed by atoms with Crippen molar-refractivity contribution in [1.82, 2.24) is 0 Å². The third kappa shape index (κ3) is 4.09. The molecule has 1 heterocycles. The number of hydrogen-bond donors (Lipinski definition) is 1. The van der Waals surface area contributed by atoms with Crippen molar-refractivity contribution in [3.63, 3.8) is 0 Å². The van der Waals surface area contributed by atoms with Crippen LogP contribution in [-0.4, -0.2) is 36.4 Å². The van der Waals surface area contributed by atoms with E-state index in [1.54, 1.807) is 31.2 Å². The molecule has 8 heteroatoms. The second-order valence-corrected chi connectivity index (χ2v) is 6.07. The largest absolute Gasteiger partial charge is 0.493 e. The monoisotopic (exact) mass is 391 g/mol. The number of nitriles is 1. The van der Waals surface area contributed by atoms with Crippen LogP contribution in [0.3, 0.4) is 0 Å². The van der Waals surface area contributed by atoms with Crippen LogP contribution in [-0.2, 0) is 4.79 Å². The summed E-state index contributed by atoms with van der Waals surface area (Å²) in [6.07, 6.45) is 1.68. The molecule has 1 aliphatic heterocycles. The summed E-state index contributed by atoms with van der Waals surface area (Å²) in [6.45, 7) is 1.62. The predicted octanol–water partition coefficient (Wildman–Crippen LogP) is 3.10. The Balaban J connectivity index is 1.87. The van der Waals surface area contributed by atoms with Crippen LogP contribution in [0.25, 0.3) is 6.08 Å². The zero-order valence-corrected chi connectivity index (χ0v) is 15.7. The number of carboxylic acids is 1. The molecule has 1 aliphatic rings. The molecule has 0 aromatic heterocycles. The molecule has 146 valence electrons. The van der Waals surface area contributed by atoms with Gasteiger partial charge >= 0.3 is 5.97 Å². The molecule has 1 amide bonds. The van der Waals surface area contributed by atoms with E-state index in [2.05, 4.69) is 5.10 Å². The zero-order valence-electron chi connectivity index (χ0n) is 15.7. The number of anilines is 1. The third-order valence-electron chi connectivity index (χ3n) is 4.21. The Morgan fingerprint density at radius 3 is 2.59 bits per heavy atom. The summed E-state index contributed by atoms with van der Waals surface area (Å²) in [6, 6.07) is 12.9. The Bertz CT molecular complexity index is 1060. The minimum absolute atomic E-state index is 0.101. The number of methoxy groups -OCH3 is 1. The van der Waals surface area contributed by atoms with Gasteiger partial charge in [0, 0.05) is 0 Å². The van der Waals surface area contributed by atoms with Gasteiger partial charge in [0.05, 0.1) is 29.6 Å². The van der Waals surface area contributed by atoms with Crippen LogP contribution < -0.4 is 14.5 Å². The highest BCUT2D eigenvalue weighted by atomic mass is 16.5. The van der Waals surface area contributed by atoms with Gasteiger partial charge in [-0.15, -0.1) is 0 Å². The quantitative estimate of drug-likeness (QED) is 0.757. The summed E-state index contributed by atoms with van der Waals surface area (Å²) in [5, 5.41) is 23.2. The number of hydrazone groups is 1. The van der Waals surface area contributed by atoms with Crippen molar-refractivity contribution < 1.29 is 24.2 Å². The van der Waals surface area contributed by atoms with Crippen molar-refractivity contribution in [2.45, 2.75) is 6.92 Å². The Morgan fingerprint density at radius 1 is 1.24 bits per heavy atom. The molecule has 0 spiro atoms. The number of benzene rings is 2. The Kier molecular flexibility index (Phi) is 5.60. The zero-order chi connectivity index (χ0) is 21.0. The van der Waals surface area contributed by atoms with Crippen molar-refractivity contribution in [2.75, 3.05) is 18.7 Å². The van der Waals surface area contributed by atoms with Gasteiger partial charge in [-0.1, -0.05) is 6.07 Å². The van der Waals surface area contributed by atoms with Crippen molar-refractivity contribution in [3.8, 4) is 17.6 Å². The molecule has 0 bridgehead atoms. The van der Waals surface area contributed by atoms with Crippen LogP contribution in [0.1, 0.15) is 22.8 Å². The lowest BCUT2D eigenvalue weighted by atomic mass is 10.1. The van der Waals surface area contributed by atoms with Gasteiger partial charge < -0.3 is 14.6 Å². The van der Waals surface area contributed by atoms with E-state index in [4.69, 9.17) is 19.8 Å². The average Bonchev–Trinajstić information content (AvgIpc) is 3.01. The summed E-state index contributed by atoms with van der Waals surface area (Å²) < 4.78 is 10.6. The Labute approximate surface area is 166 Å². The number of rotatable bonds is 6. The number of aromatic carboxylic acids is 1. The normalized spacial score (nSPS) is 14.5. The van der Waals surface area contributed by atoms with Crippen molar-refractivity contribution in [1.29, 1.82) is 5.26 Å². The number of amides is 1. The number of carboxylic acid groups (broad SMARTS) is 1. The molecular formula is C21H17N3O5. The summed E-state index contributed by atoms with van der Waals surface area (Å²) in [5.74, 6) is -0.495. The van der Waals surface area contributed by atoms with E-state index in [0.717, 1.165) is 0 Å². The van der Waals surface area contributed by atoms with Gasteiger partial charge in [-0.2, -0.15) is 15.4 Å². The van der Waals surface area contributed by atoms with Crippen LogP contribution in [0.5, 0.6) is 11.5 Å². The first-order valence-corrected chi connectivity index (χ1v) is 8.57. The maximum absolute atomic E-state index is 12.8. The van der Waals surface area contributed by atoms with Gasteiger partial charge in [0.2, 0.25) is 0 Å². The lowest BCUT2D eigenvalue weighted by Gasteiger charge is -2.12. The maximum Gasteiger partial charge on any atom is 0.335 e. The van der Waals surface area contributed by atoms with E-state index in [9.17, 15) is 9.59 Å². The molecule has 0 aliphatic carbocycles. The number of hydrogen-bond acceptors (Lipinski definition) is 6. The second kappa shape index (κ2) is 8.27. The Morgan fingerprint density at radius 2 is 1.97 bits per heavy atom. The van der Waals surface area contributed by atoms with Gasteiger partial charge in [0.15, 0.2) is 18.1 Å². The van der Waals surface area contributed by atoms with Gasteiger partial charge in [-0.05, 0) is 55.0 Å². The topological polar surface area (TPSA) is 112 Å². The number of carbonyl (C=O) groups excluding carboxylic acids is 1. The summed E-state index contributed by atoms with van der Waals surface area (Å²) in [7, 11) is 1.49. The first-order valence-electron chi connectivity index (χ1n) is 8.57. The van der Waals surface area contributed by atoms with E-state index < -0.39 is 5.97 Å². The standard InChI is InChI=1S/C21H17N3O5/c1-13-17(11-14-3-8-18(29-10-9-22)19(12-14)28-2)20(25)24(23-13)16-6-4-15(5-7-16)21(26)27/h3-8,11-12H,10H2,1-2H3,(H,26,27)/b17-11+. The minimum Gasteiger partial charge on any atom is -0.493 e. The first-order chi connectivity index (χ1) is 13.9. The number of carbonyl (C=O) groups is 2.